The summed E-state index contributed by atoms with van der Waals surface area (Å²) in [6.07, 6.45) is 1.10. The van der Waals surface area contributed by atoms with Crippen molar-refractivity contribution in [3.8, 4) is 0 Å². The van der Waals surface area contributed by atoms with Gasteiger partial charge in [0.15, 0.2) is 0 Å². The van der Waals surface area contributed by atoms with E-state index in [1.165, 1.54) is 10.4 Å². The van der Waals surface area contributed by atoms with E-state index >= 15 is 0 Å². The number of rotatable bonds is 7. The molecule has 0 amide bonds. The number of hydrogen-bond acceptors (Lipinski definition) is 5. The first-order valence-corrected chi connectivity index (χ1v) is 11.0. The molecule has 23 heavy (non-hydrogen) atoms. The summed E-state index contributed by atoms with van der Waals surface area (Å²) in [6.45, 7) is 1.82. The van der Waals surface area contributed by atoms with Gasteiger partial charge in [-0.05, 0) is 30.0 Å². The van der Waals surface area contributed by atoms with Crippen LogP contribution in [-0.4, -0.2) is 36.2 Å². The third-order valence-corrected chi connectivity index (χ3v) is 7.19. The first-order valence-electron chi connectivity index (χ1n) is 6.78. The van der Waals surface area contributed by atoms with Gasteiger partial charge in [-0.2, -0.15) is 0 Å². The van der Waals surface area contributed by atoms with Crippen LogP contribution in [-0.2, 0) is 20.0 Å². The third-order valence-electron chi connectivity index (χ3n) is 3.15. The minimum Gasteiger partial charge on any atom is -0.269 e. The molecular weight excluding hydrogens is 356 g/mol. The van der Waals surface area contributed by atoms with E-state index in [0.717, 1.165) is 23.2 Å². The largest absolute Gasteiger partial charge is 0.269 e. The quantitative estimate of drug-likeness (QED) is 0.801. The summed E-state index contributed by atoms with van der Waals surface area (Å²) in [6, 6.07) is 10.2. The van der Waals surface area contributed by atoms with Crippen molar-refractivity contribution in [2.24, 2.45) is 0 Å². The smallest absolute Gasteiger partial charge is 0.250 e. The minimum absolute atomic E-state index is 0.0123. The number of hydrogen-bond donors (Lipinski definition) is 1. The minimum atomic E-state index is -3.60. The van der Waals surface area contributed by atoms with Gasteiger partial charge in [-0.25, -0.2) is 21.6 Å². The van der Waals surface area contributed by atoms with Crippen LogP contribution in [0.1, 0.15) is 5.56 Å². The monoisotopic (exact) mass is 374 g/mol. The van der Waals surface area contributed by atoms with Crippen LogP contribution in [0.5, 0.6) is 0 Å². The van der Waals surface area contributed by atoms with Gasteiger partial charge in [0.25, 0.3) is 0 Å². The second-order valence-electron chi connectivity index (χ2n) is 4.95. The molecule has 2 rings (SSSR count). The van der Waals surface area contributed by atoms with Crippen LogP contribution in [0.2, 0.25) is 0 Å². The zero-order chi connectivity index (χ0) is 17.1. The first-order chi connectivity index (χ1) is 10.7. The molecule has 0 unspecified atom stereocenters. The lowest BCUT2D eigenvalue weighted by Gasteiger charge is -2.24. The third kappa shape index (κ3) is 4.54. The zero-order valence-electron chi connectivity index (χ0n) is 12.8. The molecule has 0 aliphatic rings. The number of nitrogens with one attached hydrogen (secondary N) is 1. The van der Waals surface area contributed by atoms with Gasteiger partial charge in [0.05, 0.1) is 11.9 Å². The average Bonchev–Trinajstić information content (AvgIpc) is 2.98. The lowest BCUT2D eigenvalue weighted by Crippen LogP contribution is -2.38. The highest BCUT2D eigenvalue weighted by Crippen LogP contribution is 2.21. The Hall–Kier alpha value is -1.42. The van der Waals surface area contributed by atoms with E-state index in [9.17, 15) is 16.8 Å². The van der Waals surface area contributed by atoms with E-state index in [4.69, 9.17) is 0 Å². The molecule has 0 aliphatic heterocycles. The summed E-state index contributed by atoms with van der Waals surface area (Å²) in [5, 5.41) is 1.67. The fourth-order valence-corrected chi connectivity index (χ4v) is 5.12. The van der Waals surface area contributed by atoms with Crippen LogP contribution in [0.25, 0.3) is 0 Å². The second-order valence-corrected chi connectivity index (χ2v) is 9.80. The summed E-state index contributed by atoms with van der Waals surface area (Å²) in [5.74, 6) is 0. The fourth-order valence-electron chi connectivity index (χ4n) is 2.08. The topological polar surface area (TPSA) is 83.6 Å². The molecule has 6 nitrogen and oxygen atoms in total. The Bertz CT molecular complexity index is 859. The molecule has 9 heteroatoms. The van der Waals surface area contributed by atoms with Gasteiger partial charge in [0.2, 0.25) is 20.0 Å². The summed E-state index contributed by atoms with van der Waals surface area (Å²) in [5.41, 5.74) is 1.35. The maximum absolute atomic E-state index is 12.1. The Morgan fingerprint density at radius 1 is 1.09 bits per heavy atom. The number of para-hydroxylation sites is 1. The molecule has 1 aromatic carbocycles. The molecule has 0 fully saturated rings. The molecule has 2 aromatic rings. The Balaban J connectivity index is 2.14. The number of thiophene rings is 1. The summed E-state index contributed by atoms with van der Waals surface area (Å²) < 4.78 is 52.0. The van der Waals surface area contributed by atoms with Gasteiger partial charge in [0, 0.05) is 13.1 Å². The predicted molar refractivity (Wildman–Crippen MR) is 92.9 cm³/mol. The highest BCUT2D eigenvalue weighted by atomic mass is 32.2. The normalized spacial score (nSPS) is 12.3. The van der Waals surface area contributed by atoms with Gasteiger partial charge >= 0.3 is 0 Å². The maximum Gasteiger partial charge on any atom is 0.250 e. The van der Waals surface area contributed by atoms with E-state index in [1.807, 2.05) is 19.1 Å². The molecule has 0 aliphatic carbocycles. The van der Waals surface area contributed by atoms with Crippen molar-refractivity contribution in [3.63, 3.8) is 0 Å². The van der Waals surface area contributed by atoms with E-state index in [-0.39, 0.29) is 17.3 Å². The van der Waals surface area contributed by atoms with E-state index in [2.05, 4.69) is 4.72 Å². The molecule has 0 radical (unpaired) electrons. The van der Waals surface area contributed by atoms with Gasteiger partial charge in [-0.15, -0.1) is 11.3 Å². The molecule has 126 valence electrons. The van der Waals surface area contributed by atoms with Crippen molar-refractivity contribution in [1.29, 1.82) is 0 Å². The van der Waals surface area contributed by atoms with Crippen molar-refractivity contribution < 1.29 is 16.8 Å². The Morgan fingerprint density at radius 2 is 1.78 bits per heavy atom. The van der Waals surface area contributed by atoms with Crippen LogP contribution in [0.3, 0.4) is 0 Å². The molecule has 1 N–H and O–H groups in total. The first kappa shape index (κ1) is 17.9. The summed E-state index contributed by atoms with van der Waals surface area (Å²) >= 11 is 1.11. The van der Waals surface area contributed by atoms with Crippen molar-refractivity contribution >= 4 is 37.1 Å². The molecule has 1 heterocycles. The van der Waals surface area contributed by atoms with Gasteiger partial charge in [-0.3, -0.25) is 4.31 Å². The molecule has 0 saturated heterocycles. The number of anilines is 1. The van der Waals surface area contributed by atoms with Crippen molar-refractivity contribution in [2.45, 2.75) is 11.1 Å². The van der Waals surface area contributed by atoms with E-state index < -0.39 is 20.0 Å². The molecule has 0 saturated carbocycles. The molecule has 0 bridgehead atoms. The number of aryl methyl sites for hydroxylation is 1. The van der Waals surface area contributed by atoms with Crippen molar-refractivity contribution in [3.05, 3.63) is 47.3 Å². The Labute approximate surface area is 140 Å². The molecular formula is C14H18N2O4S3. The van der Waals surface area contributed by atoms with Crippen LogP contribution in [0, 0.1) is 6.92 Å². The lowest BCUT2D eigenvalue weighted by atomic mass is 10.2. The number of nitrogens with zero attached hydrogens (tertiary/aromatic N) is 1. The van der Waals surface area contributed by atoms with Gasteiger partial charge < -0.3 is 0 Å². The molecule has 0 atom stereocenters. The molecule has 1 aromatic heterocycles. The second kappa shape index (κ2) is 7.00. The number of benzene rings is 1. The van der Waals surface area contributed by atoms with Crippen LogP contribution >= 0.6 is 11.3 Å². The van der Waals surface area contributed by atoms with E-state index in [0.29, 0.717) is 5.69 Å². The van der Waals surface area contributed by atoms with Crippen molar-refractivity contribution in [1.82, 2.24) is 4.72 Å². The van der Waals surface area contributed by atoms with Crippen LogP contribution < -0.4 is 9.03 Å². The summed E-state index contributed by atoms with van der Waals surface area (Å²) in [4.78, 5) is 0. The Kier molecular flexibility index (Phi) is 5.45. The highest BCUT2D eigenvalue weighted by molar-refractivity contribution is 7.92. The number of sulfonamides is 2. The van der Waals surface area contributed by atoms with Gasteiger partial charge in [-0.1, -0.05) is 24.3 Å². The molecule has 0 spiro atoms. The SMILES string of the molecule is Cc1ccccc1N(CCNS(=O)(=O)c1cccs1)S(C)(=O)=O. The predicted octanol–water partition coefficient (Wildman–Crippen LogP) is 1.80. The standard InChI is InChI=1S/C14H18N2O4S3/c1-12-6-3-4-7-13(12)16(22(2,17)18)10-9-15-23(19,20)14-8-5-11-21-14/h3-8,11,15H,9-10H2,1-2H3. The van der Waals surface area contributed by atoms with Crippen LogP contribution in [0.15, 0.2) is 46.0 Å². The van der Waals surface area contributed by atoms with E-state index in [1.54, 1.807) is 23.6 Å². The fraction of sp³-hybridized carbons (Fsp3) is 0.286. The average molecular weight is 375 g/mol. The summed E-state index contributed by atoms with van der Waals surface area (Å²) in [7, 11) is -7.11. The lowest BCUT2D eigenvalue weighted by molar-refractivity contribution is 0.580. The zero-order valence-corrected chi connectivity index (χ0v) is 15.2. The highest BCUT2D eigenvalue weighted by Gasteiger charge is 2.20. The maximum atomic E-state index is 12.1. The van der Waals surface area contributed by atoms with Gasteiger partial charge in [0.1, 0.15) is 4.21 Å². The Morgan fingerprint density at radius 3 is 2.35 bits per heavy atom. The van der Waals surface area contributed by atoms with Crippen LogP contribution in [0.4, 0.5) is 5.69 Å². The van der Waals surface area contributed by atoms with Crippen molar-refractivity contribution in [2.75, 3.05) is 23.7 Å².